The molecule has 5 heteroatoms. The molecule has 0 fully saturated rings. The summed E-state index contributed by atoms with van der Waals surface area (Å²) >= 11 is 0. The third-order valence-electron chi connectivity index (χ3n) is 3.45. The van der Waals surface area contributed by atoms with E-state index in [4.69, 9.17) is 10.5 Å². The number of nitrogens with two attached hydrogens (primary N) is 1. The molecular weight excluding hydrogens is 269 g/mol. The van der Waals surface area contributed by atoms with Crippen molar-refractivity contribution in [1.82, 2.24) is 9.78 Å². The highest BCUT2D eigenvalue weighted by molar-refractivity contribution is 5.35. The number of benzene rings is 1. The molecule has 0 radical (unpaired) electrons. The van der Waals surface area contributed by atoms with E-state index in [1.165, 1.54) is 6.07 Å². The molecule has 4 nitrogen and oxygen atoms in total. The lowest BCUT2D eigenvalue weighted by Gasteiger charge is -2.15. The maximum absolute atomic E-state index is 14.0. The molecule has 0 spiro atoms. The van der Waals surface area contributed by atoms with Crippen molar-refractivity contribution < 1.29 is 9.13 Å². The van der Waals surface area contributed by atoms with Gasteiger partial charge in [0.1, 0.15) is 0 Å². The van der Waals surface area contributed by atoms with E-state index in [-0.39, 0.29) is 11.9 Å². The highest BCUT2D eigenvalue weighted by Gasteiger charge is 2.12. The van der Waals surface area contributed by atoms with Crippen molar-refractivity contribution in [1.29, 1.82) is 0 Å². The van der Waals surface area contributed by atoms with Crippen LogP contribution in [0.5, 0.6) is 5.75 Å². The molecule has 0 amide bonds. The Hall–Kier alpha value is -1.88. The number of hydrogen-bond donors (Lipinski definition) is 1. The summed E-state index contributed by atoms with van der Waals surface area (Å²) < 4.78 is 21.4. The van der Waals surface area contributed by atoms with Gasteiger partial charge < -0.3 is 10.5 Å². The molecule has 114 valence electrons. The van der Waals surface area contributed by atoms with Gasteiger partial charge in [-0.3, -0.25) is 4.68 Å². The lowest BCUT2D eigenvalue weighted by molar-refractivity contribution is 0.301. The lowest BCUT2D eigenvalue weighted by Crippen LogP contribution is -2.22. The SMILES string of the molecule is CCC(N)Cc1cccc(F)c1OCCc1cnn(C)c1. The molecule has 2 aromatic rings. The highest BCUT2D eigenvalue weighted by atomic mass is 19.1. The van der Waals surface area contributed by atoms with Crippen molar-refractivity contribution in [2.24, 2.45) is 12.8 Å². The number of halogens is 1. The van der Waals surface area contributed by atoms with E-state index < -0.39 is 0 Å². The van der Waals surface area contributed by atoms with E-state index in [1.54, 1.807) is 16.9 Å². The first-order valence-electron chi connectivity index (χ1n) is 7.23. The fraction of sp³-hybridized carbons (Fsp3) is 0.438. The molecule has 2 N–H and O–H groups in total. The van der Waals surface area contributed by atoms with Crippen molar-refractivity contribution in [3.8, 4) is 5.75 Å². The Morgan fingerprint density at radius 2 is 2.24 bits per heavy atom. The van der Waals surface area contributed by atoms with Gasteiger partial charge in [0, 0.05) is 25.7 Å². The second kappa shape index (κ2) is 7.22. The Bertz CT molecular complexity index is 583. The van der Waals surface area contributed by atoms with Crippen molar-refractivity contribution in [2.45, 2.75) is 32.2 Å². The number of nitrogens with zero attached hydrogens (tertiary/aromatic N) is 2. The third kappa shape index (κ3) is 4.29. The van der Waals surface area contributed by atoms with E-state index in [9.17, 15) is 4.39 Å². The molecule has 1 heterocycles. The number of ether oxygens (including phenoxy) is 1. The molecule has 1 unspecified atom stereocenters. The van der Waals surface area contributed by atoms with Gasteiger partial charge in [-0.15, -0.1) is 0 Å². The molecule has 0 aliphatic rings. The standard InChI is InChI=1S/C16H22FN3O/c1-3-14(18)9-13-5-4-6-15(17)16(13)21-8-7-12-10-19-20(2)11-12/h4-6,10-11,14H,3,7-9,18H2,1-2H3. The first-order valence-corrected chi connectivity index (χ1v) is 7.23. The van der Waals surface area contributed by atoms with Crippen LogP contribution in [-0.4, -0.2) is 22.4 Å². The van der Waals surface area contributed by atoms with Gasteiger partial charge in [-0.05, 0) is 30.0 Å². The van der Waals surface area contributed by atoms with Crippen LogP contribution in [0.15, 0.2) is 30.6 Å². The van der Waals surface area contributed by atoms with Crippen LogP contribution in [0.4, 0.5) is 4.39 Å². The Labute approximate surface area is 124 Å². The van der Waals surface area contributed by atoms with Gasteiger partial charge in [0.2, 0.25) is 0 Å². The second-order valence-corrected chi connectivity index (χ2v) is 5.22. The van der Waals surface area contributed by atoms with Crippen LogP contribution >= 0.6 is 0 Å². The topological polar surface area (TPSA) is 53.1 Å². The molecule has 1 aromatic heterocycles. The van der Waals surface area contributed by atoms with Gasteiger partial charge in [0.15, 0.2) is 11.6 Å². The van der Waals surface area contributed by atoms with Crippen LogP contribution in [0.2, 0.25) is 0 Å². The monoisotopic (exact) mass is 291 g/mol. The molecule has 2 rings (SSSR count). The van der Waals surface area contributed by atoms with Crippen LogP contribution in [0.1, 0.15) is 24.5 Å². The van der Waals surface area contributed by atoms with Crippen molar-refractivity contribution in [3.63, 3.8) is 0 Å². The molecule has 0 aliphatic heterocycles. The number of para-hydroxylation sites is 1. The van der Waals surface area contributed by atoms with E-state index in [2.05, 4.69) is 5.10 Å². The van der Waals surface area contributed by atoms with Crippen LogP contribution in [0, 0.1) is 5.82 Å². The Kier molecular flexibility index (Phi) is 5.33. The summed E-state index contributed by atoms with van der Waals surface area (Å²) in [6.45, 7) is 2.44. The smallest absolute Gasteiger partial charge is 0.165 e. The summed E-state index contributed by atoms with van der Waals surface area (Å²) in [5.74, 6) is -0.00715. The zero-order valence-electron chi connectivity index (χ0n) is 12.6. The average Bonchev–Trinajstić information content (AvgIpc) is 2.87. The molecule has 21 heavy (non-hydrogen) atoms. The highest BCUT2D eigenvalue weighted by Crippen LogP contribution is 2.24. The minimum Gasteiger partial charge on any atom is -0.490 e. The van der Waals surface area contributed by atoms with E-state index in [0.29, 0.717) is 25.2 Å². The van der Waals surface area contributed by atoms with Crippen LogP contribution in [0.25, 0.3) is 0 Å². The summed E-state index contributed by atoms with van der Waals surface area (Å²) in [7, 11) is 1.87. The van der Waals surface area contributed by atoms with Crippen LogP contribution in [-0.2, 0) is 19.9 Å². The molecule has 0 saturated heterocycles. The quantitative estimate of drug-likeness (QED) is 0.852. The summed E-state index contributed by atoms with van der Waals surface area (Å²) in [5.41, 5.74) is 7.86. The maximum Gasteiger partial charge on any atom is 0.165 e. The van der Waals surface area contributed by atoms with Gasteiger partial charge in [-0.1, -0.05) is 19.1 Å². The summed E-state index contributed by atoms with van der Waals surface area (Å²) in [6, 6.07) is 5.01. The maximum atomic E-state index is 14.0. The van der Waals surface area contributed by atoms with Crippen molar-refractivity contribution >= 4 is 0 Å². The number of hydrogen-bond acceptors (Lipinski definition) is 3. The predicted molar refractivity (Wildman–Crippen MR) is 80.8 cm³/mol. The number of aryl methyl sites for hydroxylation is 1. The zero-order chi connectivity index (χ0) is 15.2. The fourth-order valence-electron chi connectivity index (χ4n) is 2.17. The summed E-state index contributed by atoms with van der Waals surface area (Å²) in [5, 5.41) is 4.10. The van der Waals surface area contributed by atoms with E-state index in [1.807, 2.05) is 26.2 Å². The minimum atomic E-state index is -0.331. The van der Waals surface area contributed by atoms with Gasteiger partial charge >= 0.3 is 0 Å². The second-order valence-electron chi connectivity index (χ2n) is 5.22. The van der Waals surface area contributed by atoms with Gasteiger partial charge in [-0.25, -0.2) is 4.39 Å². The van der Waals surface area contributed by atoms with Crippen molar-refractivity contribution in [2.75, 3.05) is 6.61 Å². The van der Waals surface area contributed by atoms with E-state index in [0.717, 1.165) is 17.5 Å². The molecular formula is C16H22FN3O. The Morgan fingerprint density at radius 3 is 2.90 bits per heavy atom. The molecule has 1 atom stereocenters. The first kappa shape index (κ1) is 15.5. The molecule has 0 aliphatic carbocycles. The lowest BCUT2D eigenvalue weighted by atomic mass is 10.0. The predicted octanol–water partition coefficient (Wildman–Crippen LogP) is 2.46. The summed E-state index contributed by atoms with van der Waals surface area (Å²) in [6.07, 6.45) is 5.89. The number of rotatable bonds is 7. The molecule has 0 bridgehead atoms. The van der Waals surface area contributed by atoms with E-state index >= 15 is 0 Å². The van der Waals surface area contributed by atoms with Gasteiger partial charge in [0.05, 0.1) is 12.8 Å². The largest absolute Gasteiger partial charge is 0.490 e. The minimum absolute atomic E-state index is 0.0208. The number of aromatic nitrogens is 2. The summed E-state index contributed by atoms with van der Waals surface area (Å²) in [4.78, 5) is 0. The first-order chi connectivity index (χ1) is 10.1. The molecule has 0 saturated carbocycles. The average molecular weight is 291 g/mol. The Morgan fingerprint density at radius 1 is 1.43 bits per heavy atom. The van der Waals surface area contributed by atoms with Gasteiger partial charge in [-0.2, -0.15) is 5.10 Å². The zero-order valence-corrected chi connectivity index (χ0v) is 12.6. The normalized spacial score (nSPS) is 12.4. The fourth-order valence-corrected chi connectivity index (χ4v) is 2.17. The Balaban J connectivity index is 2.01. The van der Waals surface area contributed by atoms with Crippen LogP contribution in [0.3, 0.4) is 0 Å². The third-order valence-corrected chi connectivity index (χ3v) is 3.45. The van der Waals surface area contributed by atoms with Crippen LogP contribution < -0.4 is 10.5 Å². The molecule has 1 aromatic carbocycles. The van der Waals surface area contributed by atoms with Crippen molar-refractivity contribution in [3.05, 3.63) is 47.5 Å². The van der Waals surface area contributed by atoms with Gasteiger partial charge in [0.25, 0.3) is 0 Å².